The molecule has 2 aromatic heterocycles. The number of esters is 1. The van der Waals surface area contributed by atoms with Crippen molar-refractivity contribution in [3.8, 4) is 5.75 Å². The van der Waals surface area contributed by atoms with Crippen molar-refractivity contribution in [3.63, 3.8) is 0 Å². The molecule has 2 aliphatic carbocycles. The summed E-state index contributed by atoms with van der Waals surface area (Å²) in [6.45, 7) is 7.28. The SMILES string of the molecule is C/C=C1/CN(C)[C@H]2Cc3c([nH]c4ccccc34)[C@H](c3cc4c5c([nH]c4cc3OC)[C@@H]3C[C@@H]4C[C@H](CC)[C@@H]3N(CC5)C4)C[C@H]1[C@]2(CO)C(=O)OC. The highest BCUT2D eigenvalue weighted by atomic mass is 16.5. The van der Waals surface area contributed by atoms with E-state index in [-0.39, 0.29) is 30.5 Å². The van der Waals surface area contributed by atoms with Crippen molar-refractivity contribution in [3.05, 3.63) is 76.1 Å². The number of methoxy groups -OCH3 is 2. The summed E-state index contributed by atoms with van der Waals surface area (Å²) < 4.78 is 11.9. The number of H-pyrrole nitrogens is 2. The van der Waals surface area contributed by atoms with E-state index in [1.165, 1.54) is 71.8 Å². The number of aromatic nitrogens is 2. The summed E-state index contributed by atoms with van der Waals surface area (Å²) in [5.74, 6) is 2.32. The van der Waals surface area contributed by atoms with Gasteiger partial charge in [0.15, 0.2) is 0 Å². The number of carbonyl (C=O) groups excluding carboxylic acids is 1. The predicted octanol–water partition coefficient (Wildman–Crippen LogP) is 6.52. The second-order valence-corrected chi connectivity index (χ2v) is 16.1. The Balaban J connectivity index is 1.27. The summed E-state index contributed by atoms with van der Waals surface area (Å²) in [4.78, 5) is 27.1. The van der Waals surface area contributed by atoms with E-state index in [0.717, 1.165) is 53.7 Å². The maximum atomic E-state index is 14.1. The molecule has 9 atom stereocenters. The van der Waals surface area contributed by atoms with Gasteiger partial charge < -0.3 is 24.5 Å². The lowest BCUT2D eigenvalue weighted by Crippen LogP contribution is -2.63. The summed E-state index contributed by atoms with van der Waals surface area (Å²) in [6, 6.07) is 13.6. The van der Waals surface area contributed by atoms with Crippen molar-refractivity contribution in [1.82, 2.24) is 19.8 Å². The number of likely N-dealkylation sites (N-methyl/N-ethyl adjacent to an activating group) is 1. The summed E-state index contributed by atoms with van der Waals surface area (Å²) >= 11 is 0. The number of fused-ring (bicyclic) bond motifs is 9. The number of hydrogen-bond donors (Lipinski definition) is 3. The van der Waals surface area contributed by atoms with Gasteiger partial charge in [-0.2, -0.15) is 0 Å². The van der Waals surface area contributed by atoms with Gasteiger partial charge in [0.05, 0.1) is 20.8 Å². The highest BCUT2D eigenvalue weighted by Crippen LogP contribution is 2.55. The minimum absolute atomic E-state index is 0.101. The molecule has 2 aromatic carbocycles. The van der Waals surface area contributed by atoms with Crippen LogP contribution in [-0.4, -0.2) is 90.4 Å². The van der Waals surface area contributed by atoms with Crippen LogP contribution in [0.5, 0.6) is 5.75 Å². The third kappa shape index (κ3) is 4.43. The van der Waals surface area contributed by atoms with E-state index in [1.807, 2.05) is 0 Å². The summed E-state index contributed by atoms with van der Waals surface area (Å²) in [5.41, 5.74) is 8.79. The molecule has 1 unspecified atom stereocenters. The Labute approximate surface area is 295 Å². The summed E-state index contributed by atoms with van der Waals surface area (Å²) in [5, 5.41) is 13.9. The van der Waals surface area contributed by atoms with E-state index >= 15 is 0 Å². The Hall–Kier alpha value is -3.59. The lowest BCUT2D eigenvalue weighted by atomic mass is 9.58. The summed E-state index contributed by atoms with van der Waals surface area (Å²) in [7, 11) is 5.33. The molecule has 6 bridgehead atoms. The van der Waals surface area contributed by atoms with Crippen LogP contribution in [0.1, 0.15) is 79.4 Å². The van der Waals surface area contributed by atoms with Crippen LogP contribution in [0, 0.1) is 23.2 Å². The second kappa shape index (κ2) is 12.0. The number of aliphatic hydroxyl groups is 1. The van der Waals surface area contributed by atoms with Crippen LogP contribution in [0.25, 0.3) is 21.8 Å². The largest absolute Gasteiger partial charge is 0.496 e. The van der Waals surface area contributed by atoms with Gasteiger partial charge >= 0.3 is 5.97 Å². The van der Waals surface area contributed by atoms with E-state index in [9.17, 15) is 9.90 Å². The molecule has 0 amide bonds. The van der Waals surface area contributed by atoms with Crippen LogP contribution in [0.15, 0.2) is 48.0 Å². The zero-order chi connectivity index (χ0) is 34.5. The Morgan fingerprint density at radius 3 is 2.64 bits per heavy atom. The third-order valence-electron chi connectivity index (χ3n) is 14.1. The first kappa shape index (κ1) is 32.3. The average molecular weight is 677 g/mol. The highest BCUT2D eigenvalue weighted by molar-refractivity contribution is 5.89. The number of allylic oxidation sites excluding steroid dienone is 1. The molecule has 10 rings (SSSR count). The molecule has 4 aliphatic heterocycles. The van der Waals surface area contributed by atoms with Gasteiger partial charge in [-0.3, -0.25) is 14.6 Å². The van der Waals surface area contributed by atoms with Crippen molar-refractivity contribution < 1.29 is 19.4 Å². The lowest BCUT2D eigenvalue weighted by Gasteiger charge is -2.53. The molecule has 6 heterocycles. The minimum Gasteiger partial charge on any atom is -0.496 e. The second-order valence-electron chi connectivity index (χ2n) is 16.1. The molecule has 8 heteroatoms. The fraction of sp³-hybridized carbons (Fsp3) is 0.548. The number of carbonyl (C=O) groups is 1. The Bertz CT molecular complexity index is 2010. The Kier molecular flexibility index (Phi) is 7.75. The van der Waals surface area contributed by atoms with Gasteiger partial charge in [-0.15, -0.1) is 0 Å². The monoisotopic (exact) mass is 676 g/mol. The number of benzene rings is 2. The molecule has 8 nitrogen and oxygen atoms in total. The number of piperidine rings is 3. The number of hydrogen-bond acceptors (Lipinski definition) is 6. The van der Waals surface area contributed by atoms with E-state index in [2.05, 4.69) is 83.1 Å². The van der Waals surface area contributed by atoms with E-state index in [4.69, 9.17) is 9.47 Å². The van der Waals surface area contributed by atoms with Crippen LogP contribution >= 0.6 is 0 Å². The molecule has 4 fully saturated rings. The molecule has 6 aliphatic rings. The fourth-order valence-electron chi connectivity index (χ4n) is 12.0. The number of likely N-dealkylation sites (tertiary alicyclic amines) is 1. The maximum Gasteiger partial charge on any atom is 0.316 e. The van der Waals surface area contributed by atoms with Crippen molar-refractivity contribution in [2.75, 3.05) is 47.5 Å². The molecule has 4 aromatic rings. The molecule has 0 radical (unpaired) electrons. The summed E-state index contributed by atoms with van der Waals surface area (Å²) in [6.07, 6.45) is 8.39. The predicted molar refractivity (Wildman–Crippen MR) is 197 cm³/mol. The lowest BCUT2D eigenvalue weighted by molar-refractivity contribution is -0.169. The van der Waals surface area contributed by atoms with E-state index < -0.39 is 5.41 Å². The first-order valence-corrected chi connectivity index (χ1v) is 18.9. The van der Waals surface area contributed by atoms with Gasteiger partial charge in [-0.1, -0.05) is 43.2 Å². The zero-order valence-corrected chi connectivity index (χ0v) is 30.2. The first-order valence-electron chi connectivity index (χ1n) is 18.9. The molecular weight excluding hydrogens is 624 g/mol. The molecular formula is C42H52N4O4. The number of rotatable bonds is 5. The van der Waals surface area contributed by atoms with Crippen LogP contribution < -0.4 is 4.74 Å². The van der Waals surface area contributed by atoms with E-state index in [1.54, 1.807) is 7.11 Å². The van der Waals surface area contributed by atoms with Gasteiger partial charge in [-0.05, 0) is 81.2 Å². The van der Waals surface area contributed by atoms with Crippen molar-refractivity contribution in [2.45, 2.75) is 76.3 Å². The first-order chi connectivity index (χ1) is 24.3. The van der Waals surface area contributed by atoms with Crippen LogP contribution in [-0.2, 0) is 22.4 Å². The molecule has 3 N–H and O–H groups in total. The minimum atomic E-state index is -1.11. The molecule has 264 valence electrons. The van der Waals surface area contributed by atoms with Crippen LogP contribution in [0.4, 0.5) is 0 Å². The molecule has 3 saturated heterocycles. The van der Waals surface area contributed by atoms with Gasteiger partial charge in [0.1, 0.15) is 11.2 Å². The number of aromatic amines is 2. The standard InChI is InChI=1S/C42H52N4O4/c1-6-24-14-23-15-32-38-27(12-13-46(20-23)40(24)32)28-16-29(36(49-4)19-35(28)44-38)30-17-33-25(7-2)21-45(3)37(42(33,22-47)41(48)50-5)18-31-26-10-8-9-11-34(26)43-39(30)31/h7-11,16,19,23-24,30,32-33,37,40,43-44,47H,6,12-15,17-18,20-22H2,1-5H3/b25-7-/t23-,24-,30-,32-,33+,37-,40-,42-/m0/s1. The topological polar surface area (TPSA) is 93.8 Å². The Morgan fingerprint density at radius 2 is 1.88 bits per heavy atom. The van der Waals surface area contributed by atoms with Crippen LogP contribution in [0.2, 0.25) is 0 Å². The van der Waals surface area contributed by atoms with E-state index in [0.29, 0.717) is 24.8 Å². The van der Waals surface area contributed by atoms with Gasteiger partial charge in [0, 0.05) is 94.3 Å². The van der Waals surface area contributed by atoms with Gasteiger partial charge in [0.25, 0.3) is 0 Å². The van der Waals surface area contributed by atoms with Crippen molar-refractivity contribution >= 4 is 27.8 Å². The van der Waals surface area contributed by atoms with Gasteiger partial charge in [0.2, 0.25) is 0 Å². The number of aliphatic hydroxyl groups excluding tert-OH is 1. The fourth-order valence-corrected chi connectivity index (χ4v) is 12.0. The molecule has 1 saturated carbocycles. The van der Waals surface area contributed by atoms with Crippen LogP contribution in [0.3, 0.4) is 0 Å². The zero-order valence-electron chi connectivity index (χ0n) is 30.2. The number of ether oxygens (including phenoxy) is 2. The quantitative estimate of drug-likeness (QED) is 0.165. The van der Waals surface area contributed by atoms with Crippen molar-refractivity contribution in [2.24, 2.45) is 23.2 Å². The smallest absolute Gasteiger partial charge is 0.316 e. The third-order valence-corrected chi connectivity index (χ3v) is 14.1. The molecule has 50 heavy (non-hydrogen) atoms. The number of nitrogens with one attached hydrogen (secondary N) is 2. The maximum absolute atomic E-state index is 14.1. The van der Waals surface area contributed by atoms with Gasteiger partial charge in [-0.25, -0.2) is 0 Å². The van der Waals surface area contributed by atoms with Crippen molar-refractivity contribution in [1.29, 1.82) is 0 Å². The normalized spacial score (nSPS) is 34.2. The number of nitrogens with zero attached hydrogens (tertiary/aromatic N) is 2. The Morgan fingerprint density at radius 1 is 1.06 bits per heavy atom. The number of para-hydroxylation sites is 1. The highest BCUT2D eigenvalue weighted by Gasteiger charge is 2.59. The molecule has 0 spiro atoms. The average Bonchev–Trinajstić information content (AvgIpc) is 3.66.